The second kappa shape index (κ2) is 7.03. The molecule has 1 amide bonds. The third-order valence-electron chi connectivity index (χ3n) is 3.64. The minimum atomic E-state index is -0.836. The van der Waals surface area contributed by atoms with Crippen molar-refractivity contribution >= 4 is 51.3 Å². The number of amides is 1. The number of carbonyl (C=O) groups excluding carboxylic acids is 1. The topological polar surface area (TPSA) is 54.8 Å². The Hall–Kier alpha value is -0.870. The molecule has 2 aliphatic rings. The maximum atomic E-state index is 14.1. The van der Waals surface area contributed by atoms with Gasteiger partial charge in [-0.15, -0.1) is 3.89 Å². The van der Waals surface area contributed by atoms with E-state index in [0.717, 1.165) is 10.7 Å². The number of aromatic nitrogens is 1. The summed E-state index contributed by atoms with van der Waals surface area (Å²) >= 11 is 4.33. The lowest BCUT2D eigenvalue weighted by Gasteiger charge is -2.27. The Morgan fingerprint density at radius 2 is 2.24 bits per heavy atom. The van der Waals surface area contributed by atoms with Crippen molar-refractivity contribution in [3.05, 3.63) is 28.2 Å². The molecule has 2 heterocycles. The van der Waals surface area contributed by atoms with Crippen LogP contribution in [0.2, 0.25) is 0 Å². The van der Waals surface area contributed by atoms with Crippen LogP contribution in [-0.4, -0.2) is 31.4 Å². The third kappa shape index (κ3) is 4.28. The first-order chi connectivity index (χ1) is 11.7. The summed E-state index contributed by atoms with van der Waals surface area (Å²) in [6.45, 7) is 5.10. The fourth-order valence-electron chi connectivity index (χ4n) is 2.52. The molecule has 1 aromatic heterocycles. The summed E-state index contributed by atoms with van der Waals surface area (Å²) < 4.78 is 34.2. The molecular weight excluding hydrogens is 436 g/mol. The minimum absolute atomic E-state index is 0.157. The molecule has 1 fully saturated rings. The number of aliphatic imine (C=N–C) groups is 1. The summed E-state index contributed by atoms with van der Waals surface area (Å²) in [6.07, 6.45) is 1.36. The Morgan fingerprint density at radius 1 is 1.52 bits per heavy atom. The van der Waals surface area contributed by atoms with Crippen LogP contribution >= 0.6 is 40.0 Å². The molecule has 0 bridgehead atoms. The molecule has 1 aliphatic carbocycles. The number of ether oxygens (including phenoxy) is 1. The summed E-state index contributed by atoms with van der Waals surface area (Å²) in [4.78, 5) is 20.4. The van der Waals surface area contributed by atoms with E-state index in [2.05, 4.69) is 25.9 Å². The van der Waals surface area contributed by atoms with E-state index in [9.17, 15) is 13.1 Å². The van der Waals surface area contributed by atoms with Crippen LogP contribution in [0.1, 0.15) is 38.8 Å². The standard InChI is InChI=1S/C15H16BrF2N3O2S2/c1-15(2,3)23-14(22)21(25-18)13-20-11(8-5-10(8)24-13)9-4-7(16)6-19-12(9)17/h4,6,8,10-11H,5H2,1-3H3. The predicted octanol–water partition coefficient (Wildman–Crippen LogP) is 5.29. The quantitative estimate of drug-likeness (QED) is 0.451. The summed E-state index contributed by atoms with van der Waals surface area (Å²) in [6, 6.07) is 1.13. The van der Waals surface area contributed by atoms with Crippen LogP contribution in [0, 0.1) is 11.9 Å². The molecule has 0 spiro atoms. The molecule has 3 atom stereocenters. The number of rotatable bonds is 2. The van der Waals surface area contributed by atoms with Crippen LogP contribution < -0.4 is 0 Å². The number of hydrogen-bond donors (Lipinski definition) is 0. The van der Waals surface area contributed by atoms with Crippen LogP contribution in [0.25, 0.3) is 0 Å². The highest BCUT2D eigenvalue weighted by atomic mass is 79.9. The van der Waals surface area contributed by atoms with Gasteiger partial charge in [-0.05, 0) is 55.1 Å². The maximum Gasteiger partial charge on any atom is 0.428 e. The number of hydrogen-bond acceptors (Lipinski definition) is 6. The van der Waals surface area contributed by atoms with Crippen LogP contribution in [0.5, 0.6) is 0 Å². The summed E-state index contributed by atoms with van der Waals surface area (Å²) in [5.41, 5.74) is -0.417. The molecule has 10 heteroatoms. The van der Waals surface area contributed by atoms with Crippen molar-refractivity contribution in [1.29, 1.82) is 0 Å². The zero-order valence-corrected chi connectivity index (χ0v) is 16.9. The lowest BCUT2D eigenvalue weighted by molar-refractivity contribution is 0.0473. The van der Waals surface area contributed by atoms with Crippen molar-refractivity contribution in [2.45, 2.75) is 44.1 Å². The van der Waals surface area contributed by atoms with Gasteiger partial charge < -0.3 is 4.74 Å². The smallest absolute Gasteiger partial charge is 0.428 e. The van der Waals surface area contributed by atoms with Gasteiger partial charge in [0.15, 0.2) is 17.5 Å². The average Bonchev–Trinajstić information content (AvgIpc) is 3.27. The second-order valence-corrected chi connectivity index (χ2v) is 9.41. The number of pyridine rings is 1. The van der Waals surface area contributed by atoms with Gasteiger partial charge >= 0.3 is 6.09 Å². The molecule has 136 valence electrons. The first-order valence-electron chi connectivity index (χ1n) is 7.57. The molecule has 1 aliphatic heterocycles. The SMILES string of the molecule is CC(C)(C)OC(=O)N(SF)C1=NC(c2cc(Br)cnc2F)C2CC2S1. The molecule has 1 saturated carbocycles. The molecule has 3 unspecified atom stereocenters. The van der Waals surface area contributed by atoms with Gasteiger partial charge in [0.2, 0.25) is 5.95 Å². The first kappa shape index (κ1) is 18.9. The van der Waals surface area contributed by atoms with Crippen LogP contribution in [0.4, 0.5) is 13.1 Å². The van der Waals surface area contributed by atoms with E-state index >= 15 is 0 Å². The van der Waals surface area contributed by atoms with Gasteiger partial charge in [0.05, 0.1) is 6.04 Å². The lowest BCUT2D eigenvalue weighted by atomic mass is 10.1. The van der Waals surface area contributed by atoms with Crippen molar-refractivity contribution in [1.82, 2.24) is 9.29 Å². The average molecular weight is 452 g/mol. The molecule has 3 rings (SSSR count). The van der Waals surface area contributed by atoms with E-state index in [1.807, 2.05) is 0 Å². The maximum absolute atomic E-state index is 14.1. The lowest BCUT2D eigenvalue weighted by Crippen LogP contribution is -2.36. The number of nitrogens with zero attached hydrogens (tertiary/aromatic N) is 3. The van der Waals surface area contributed by atoms with E-state index in [4.69, 9.17) is 4.74 Å². The zero-order valence-electron chi connectivity index (χ0n) is 13.7. The molecule has 0 N–H and O–H groups in total. The van der Waals surface area contributed by atoms with Gasteiger partial charge in [-0.25, -0.2) is 9.78 Å². The molecule has 25 heavy (non-hydrogen) atoms. The van der Waals surface area contributed by atoms with E-state index < -0.39 is 23.7 Å². The van der Waals surface area contributed by atoms with E-state index in [-0.39, 0.29) is 28.7 Å². The summed E-state index contributed by atoms with van der Waals surface area (Å²) in [5.74, 6) is -0.449. The molecule has 1 aromatic rings. The Bertz CT molecular complexity index is 729. The van der Waals surface area contributed by atoms with E-state index in [1.165, 1.54) is 18.0 Å². The Morgan fingerprint density at radius 3 is 2.88 bits per heavy atom. The normalized spacial score (nSPS) is 25.0. The fourth-order valence-corrected chi connectivity index (χ4v) is 4.54. The number of fused-ring (bicyclic) bond motifs is 1. The number of halogens is 3. The Labute approximate surface area is 161 Å². The van der Waals surface area contributed by atoms with Crippen LogP contribution in [-0.2, 0) is 4.74 Å². The van der Waals surface area contributed by atoms with E-state index in [0.29, 0.717) is 10.0 Å². The van der Waals surface area contributed by atoms with Gasteiger partial charge in [-0.2, -0.15) is 8.70 Å². The first-order valence-corrected chi connectivity index (χ1v) is 9.91. The van der Waals surface area contributed by atoms with Crippen molar-refractivity contribution in [2.24, 2.45) is 10.9 Å². The Balaban J connectivity index is 1.89. The molecule has 0 radical (unpaired) electrons. The van der Waals surface area contributed by atoms with Crippen LogP contribution in [0.15, 0.2) is 21.7 Å². The third-order valence-corrected chi connectivity index (χ3v) is 6.00. The minimum Gasteiger partial charge on any atom is -0.443 e. The monoisotopic (exact) mass is 451 g/mol. The highest BCUT2D eigenvalue weighted by Crippen LogP contribution is 2.55. The second-order valence-electron chi connectivity index (χ2n) is 6.79. The van der Waals surface area contributed by atoms with Gasteiger partial charge in [-0.1, -0.05) is 11.8 Å². The van der Waals surface area contributed by atoms with Crippen molar-refractivity contribution in [3.63, 3.8) is 0 Å². The van der Waals surface area contributed by atoms with Gasteiger partial charge in [0.25, 0.3) is 0 Å². The van der Waals surface area contributed by atoms with Gasteiger partial charge in [0.1, 0.15) is 5.60 Å². The molecule has 5 nitrogen and oxygen atoms in total. The van der Waals surface area contributed by atoms with Gasteiger partial charge in [0, 0.05) is 21.5 Å². The van der Waals surface area contributed by atoms with Crippen molar-refractivity contribution in [3.8, 4) is 0 Å². The molecular formula is C15H16BrF2N3O2S2. The van der Waals surface area contributed by atoms with E-state index in [1.54, 1.807) is 26.8 Å². The fraction of sp³-hybridized carbons (Fsp3) is 0.533. The Kier molecular flexibility index (Phi) is 5.32. The molecule has 0 saturated heterocycles. The molecule has 0 aromatic carbocycles. The highest BCUT2D eigenvalue weighted by molar-refractivity contribution is 9.10. The summed E-state index contributed by atoms with van der Waals surface area (Å²) in [5, 5.41) is 0.359. The number of amidine groups is 1. The van der Waals surface area contributed by atoms with Crippen molar-refractivity contribution in [2.75, 3.05) is 0 Å². The zero-order chi connectivity index (χ0) is 18.4. The number of thioether (sulfide) groups is 1. The van der Waals surface area contributed by atoms with Gasteiger partial charge in [-0.3, -0.25) is 4.99 Å². The summed E-state index contributed by atoms with van der Waals surface area (Å²) in [7, 11) is 0. The van der Waals surface area contributed by atoms with Crippen LogP contribution in [0.3, 0.4) is 0 Å². The highest BCUT2D eigenvalue weighted by Gasteiger charge is 2.50. The largest absolute Gasteiger partial charge is 0.443 e. The predicted molar refractivity (Wildman–Crippen MR) is 98.3 cm³/mol. The number of carbonyl (C=O) groups is 1. The van der Waals surface area contributed by atoms with Crippen molar-refractivity contribution < 1.29 is 17.8 Å².